The Hall–Kier alpha value is -1.80. The smallest absolute Gasteiger partial charge is 0.263 e. The van der Waals surface area contributed by atoms with Crippen LogP contribution in [0.2, 0.25) is 10.0 Å². The molecule has 2 aromatic carbocycles. The van der Waals surface area contributed by atoms with Gasteiger partial charge in [-0.05, 0) is 118 Å². The second-order valence-corrected chi connectivity index (χ2v) is 13.4. The fourth-order valence-electron chi connectivity index (χ4n) is 4.96. The SMILES string of the molecule is CC(c1cc(Cl)cc(Cl)c1)N1CCC(COc2ccc(C(=O)NS(=N)(=O)C3CC3)cc2C2CC2)CC1. The molecule has 9 heteroatoms. The Labute approximate surface area is 223 Å². The van der Waals surface area contributed by atoms with E-state index < -0.39 is 15.8 Å². The molecule has 2 N–H and O–H groups in total. The van der Waals surface area contributed by atoms with Gasteiger partial charge in [-0.15, -0.1) is 0 Å². The van der Waals surface area contributed by atoms with Crippen molar-refractivity contribution in [2.75, 3.05) is 19.7 Å². The maximum Gasteiger partial charge on any atom is 0.263 e. The number of rotatable bonds is 9. The Bertz CT molecular complexity index is 1220. The van der Waals surface area contributed by atoms with Gasteiger partial charge in [-0.2, -0.15) is 0 Å². The average Bonchev–Trinajstić information content (AvgIpc) is 3.74. The molecule has 1 saturated heterocycles. The topological polar surface area (TPSA) is 82.5 Å². The molecule has 0 aromatic heterocycles. The number of carbonyl (C=O) groups excluding carboxylic acids is 1. The minimum atomic E-state index is -3.07. The molecule has 1 heterocycles. The molecule has 36 heavy (non-hydrogen) atoms. The van der Waals surface area contributed by atoms with Crippen molar-refractivity contribution in [3.05, 3.63) is 63.1 Å². The molecule has 2 aromatic rings. The third-order valence-electron chi connectivity index (χ3n) is 7.57. The predicted octanol–water partition coefficient (Wildman–Crippen LogP) is 6.58. The first-order valence-corrected chi connectivity index (χ1v) is 15.1. The van der Waals surface area contributed by atoms with Crippen molar-refractivity contribution in [1.82, 2.24) is 9.62 Å². The van der Waals surface area contributed by atoms with Crippen molar-refractivity contribution < 1.29 is 13.7 Å². The maximum atomic E-state index is 12.7. The number of nitrogens with zero attached hydrogens (tertiary/aromatic N) is 1. The van der Waals surface area contributed by atoms with Gasteiger partial charge in [-0.1, -0.05) is 23.2 Å². The summed E-state index contributed by atoms with van der Waals surface area (Å²) >= 11 is 12.4. The second kappa shape index (κ2) is 10.5. The van der Waals surface area contributed by atoms with Crippen molar-refractivity contribution in [2.45, 2.75) is 62.7 Å². The van der Waals surface area contributed by atoms with E-state index >= 15 is 0 Å². The van der Waals surface area contributed by atoms with Crippen molar-refractivity contribution >= 4 is 39.0 Å². The third-order valence-corrected chi connectivity index (χ3v) is 9.90. The number of hydrogen-bond donors (Lipinski definition) is 2. The number of piperidine rings is 1. The Morgan fingerprint density at radius 1 is 1.08 bits per heavy atom. The van der Waals surface area contributed by atoms with Gasteiger partial charge in [0.05, 0.1) is 11.9 Å². The van der Waals surface area contributed by atoms with Crippen LogP contribution in [0.25, 0.3) is 0 Å². The summed E-state index contributed by atoms with van der Waals surface area (Å²) in [6, 6.07) is 11.5. The number of benzene rings is 2. The number of ether oxygens (including phenoxy) is 1. The molecule has 5 rings (SSSR count). The van der Waals surface area contributed by atoms with Crippen LogP contribution in [0.4, 0.5) is 0 Å². The average molecular weight is 551 g/mol. The molecule has 3 fully saturated rings. The first-order chi connectivity index (χ1) is 17.2. The highest BCUT2D eigenvalue weighted by atomic mass is 35.5. The fraction of sp³-hybridized carbons (Fsp3) is 0.519. The first-order valence-electron chi connectivity index (χ1n) is 12.8. The van der Waals surface area contributed by atoms with Gasteiger partial charge in [0, 0.05) is 21.7 Å². The zero-order valence-corrected chi connectivity index (χ0v) is 22.8. The quantitative estimate of drug-likeness (QED) is 0.370. The normalized spacial score (nSPS) is 21.5. The second-order valence-electron chi connectivity index (χ2n) is 10.4. The fourth-order valence-corrected chi connectivity index (χ4v) is 6.86. The van der Waals surface area contributed by atoms with Crippen LogP contribution in [0.15, 0.2) is 36.4 Å². The Kier molecular flexibility index (Phi) is 7.55. The van der Waals surface area contributed by atoms with Crippen molar-refractivity contribution in [1.29, 1.82) is 4.78 Å². The number of nitrogens with one attached hydrogen (secondary N) is 2. The molecule has 1 amide bonds. The van der Waals surface area contributed by atoms with E-state index in [0.29, 0.717) is 34.1 Å². The van der Waals surface area contributed by atoms with E-state index in [4.69, 9.17) is 32.7 Å². The lowest BCUT2D eigenvalue weighted by Gasteiger charge is -2.36. The van der Waals surface area contributed by atoms with E-state index in [1.54, 1.807) is 12.1 Å². The molecule has 6 nitrogen and oxygen atoms in total. The summed E-state index contributed by atoms with van der Waals surface area (Å²) in [7, 11) is -3.07. The number of halogens is 2. The van der Waals surface area contributed by atoms with Crippen LogP contribution in [-0.2, 0) is 9.92 Å². The lowest BCUT2D eigenvalue weighted by Crippen LogP contribution is -2.37. The van der Waals surface area contributed by atoms with Gasteiger partial charge in [-0.25, -0.2) is 8.99 Å². The lowest BCUT2D eigenvalue weighted by atomic mass is 9.95. The standard InChI is InChI=1S/C27H33Cl2N3O3S/c1-17(21-12-22(28)15-23(29)13-21)32-10-8-18(9-11-32)16-35-26-7-4-20(14-25(26)19-2-3-19)27(33)31-36(30,34)24-5-6-24/h4,7,12-15,17-19,24H,2-3,5-6,8-11,16H2,1H3,(H2,30,31,33,34). The highest BCUT2D eigenvalue weighted by Gasteiger charge is 2.34. The molecule has 2 aliphatic carbocycles. The van der Waals surface area contributed by atoms with Crippen LogP contribution in [0, 0.1) is 10.7 Å². The first kappa shape index (κ1) is 25.8. The van der Waals surface area contributed by atoms with E-state index in [-0.39, 0.29) is 11.3 Å². The van der Waals surface area contributed by atoms with Crippen LogP contribution in [-0.4, -0.2) is 40.0 Å². The van der Waals surface area contributed by atoms with E-state index in [0.717, 1.165) is 68.5 Å². The van der Waals surface area contributed by atoms with Gasteiger partial charge in [0.1, 0.15) is 15.7 Å². The zero-order chi connectivity index (χ0) is 25.4. The molecular weight excluding hydrogens is 517 g/mol. The molecule has 3 aliphatic rings. The lowest BCUT2D eigenvalue weighted by molar-refractivity contribution is 0.0982. The maximum absolute atomic E-state index is 12.7. The molecule has 0 radical (unpaired) electrons. The number of carbonyl (C=O) groups is 1. The van der Waals surface area contributed by atoms with Crippen LogP contribution in [0.3, 0.4) is 0 Å². The summed E-state index contributed by atoms with van der Waals surface area (Å²) in [4.78, 5) is 15.1. The molecule has 2 atom stereocenters. The van der Waals surface area contributed by atoms with Gasteiger partial charge in [-0.3, -0.25) is 14.4 Å². The molecule has 2 unspecified atom stereocenters. The minimum absolute atomic E-state index is 0.204. The number of likely N-dealkylation sites (tertiary alicyclic amines) is 1. The van der Waals surface area contributed by atoms with Gasteiger partial charge >= 0.3 is 0 Å². The van der Waals surface area contributed by atoms with Crippen LogP contribution >= 0.6 is 23.2 Å². The van der Waals surface area contributed by atoms with Gasteiger partial charge in [0.25, 0.3) is 5.91 Å². The Balaban J connectivity index is 1.17. The Morgan fingerprint density at radius 2 is 1.75 bits per heavy atom. The summed E-state index contributed by atoms with van der Waals surface area (Å²) in [5, 5.41) is 1.13. The van der Waals surface area contributed by atoms with E-state index in [9.17, 15) is 9.00 Å². The predicted molar refractivity (Wildman–Crippen MR) is 144 cm³/mol. The summed E-state index contributed by atoms with van der Waals surface area (Å²) in [6.45, 7) is 4.82. The highest BCUT2D eigenvalue weighted by molar-refractivity contribution is 7.92. The molecule has 194 valence electrons. The van der Waals surface area contributed by atoms with E-state index in [2.05, 4.69) is 16.5 Å². The third kappa shape index (κ3) is 6.18. The van der Waals surface area contributed by atoms with Gasteiger partial charge < -0.3 is 4.74 Å². The van der Waals surface area contributed by atoms with Crippen LogP contribution in [0.1, 0.15) is 78.9 Å². The van der Waals surface area contributed by atoms with Crippen LogP contribution < -0.4 is 9.46 Å². The van der Waals surface area contributed by atoms with Crippen molar-refractivity contribution in [3.63, 3.8) is 0 Å². The van der Waals surface area contributed by atoms with E-state index in [1.165, 1.54) is 0 Å². The number of amides is 1. The summed E-state index contributed by atoms with van der Waals surface area (Å²) in [5.74, 6) is 1.28. The van der Waals surface area contributed by atoms with Crippen molar-refractivity contribution in [3.8, 4) is 5.75 Å². The summed E-state index contributed by atoms with van der Waals surface area (Å²) in [6.07, 6.45) is 5.77. The monoisotopic (exact) mass is 549 g/mol. The number of hydrogen-bond acceptors (Lipinski definition) is 5. The Morgan fingerprint density at radius 3 is 2.36 bits per heavy atom. The molecule has 2 saturated carbocycles. The highest BCUT2D eigenvalue weighted by Crippen LogP contribution is 2.45. The molecule has 0 spiro atoms. The van der Waals surface area contributed by atoms with Crippen LogP contribution in [0.5, 0.6) is 5.75 Å². The molecule has 0 bridgehead atoms. The largest absolute Gasteiger partial charge is 0.493 e. The minimum Gasteiger partial charge on any atom is -0.493 e. The van der Waals surface area contributed by atoms with Gasteiger partial charge in [0.2, 0.25) is 0 Å². The van der Waals surface area contributed by atoms with Crippen molar-refractivity contribution in [2.24, 2.45) is 5.92 Å². The molecule has 1 aliphatic heterocycles. The summed E-state index contributed by atoms with van der Waals surface area (Å²) in [5.41, 5.74) is 2.64. The van der Waals surface area contributed by atoms with Gasteiger partial charge in [0.15, 0.2) is 0 Å². The van der Waals surface area contributed by atoms with E-state index in [1.807, 2.05) is 24.3 Å². The summed E-state index contributed by atoms with van der Waals surface area (Å²) < 4.78 is 29.1. The molecular formula is C27H33Cl2N3O3S. The zero-order valence-electron chi connectivity index (χ0n) is 20.5.